The summed E-state index contributed by atoms with van der Waals surface area (Å²) in [6.45, 7) is 0.670. The predicted octanol–water partition coefficient (Wildman–Crippen LogP) is 6.19. The third-order valence-corrected chi connectivity index (χ3v) is 10.2. The highest BCUT2D eigenvalue weighted by molar-refractivity contribution is 8.00. The summed E-state index contributed by atoms with van der Waals surface area (Å²) in [4.78, 5) is 13.0. The van der Waals surface area contributed by atoms with E-state index in [1.807, 2.05) is 24.3 Å². The van der Waals surface area contributed by atoms with Crippen LogP contribution in [0.4, 0.5) is 0 Å². The summed E-state index contributed by atoms with van der Waals surface area (Å²) in [6, 6.07) is 21.4. The van der Waals surface area contributed by atoms with E-state index < -0.39 is 22.2 Å². The highest BCUT2D eigenvalue weighted by atomic mass is 35.5. The van der Waals surface area contributed by atoms with Crippen LogP contribution in [0.2, 0.25) is 5.02 Å². The molecule has 0 radical (unpaired) electrons. The van der Waals surface area contributed by atoms with Crippen LogP contribution in [-0.2, 0) is 30.4 Å². The summed E-state index contributed by atoms with van der Waals surface area (Å²) in [5.41, 5.74) is 1.27. The molecule has 1 aliphatic carbocycles. The Kier molecular flexibility index (Phi) is 7.81. The van der Waals surface area contributed by atoms with Crippen molar-refractivity contribution in [2.24, 2.45) is 5.41 Å². The number of hydrogen-bond acceptors (Lipinski definition) is 7. The van der Waals surface area contributed by atoms with Gasteiger partial charge in [-0.2, -0.15) is 20.2 Å². The van der Waals surface area contributed by atoms with Crippen LogP contribution in [0.5, 0.6) is 5.75 Å². The SMILES string of the molecule is O=C(OCc1ccc(OCC23CCSC2CC3)cc1)[C@H](OS(=O)(=O)c1ccccc1)c1ccccc1Cl. The Hall–Kier alpha value is -2.52. The molecule has 0 aromatic heterocycles. The van der Waals surface area contributed by atoms with E-state index in [2.05, 4.69) is 11.8 Å². The lowest BCUT2D eigenvalue weighted by molar-refractivity contribution is -0.153. The van der Waals surface area contributed by atoms with Crippen molar-refractivity contribution in [1.82, 2.24) is 0 Å². The lowest BCUT2D eigenvalue weighted by Gasteiger charge is -2.43. The van der Waals surface area contributed by atoms with E-state index in [1.165, 1.54) is 43.2 Å². The van der Waals surface area contributed by atoms with Crippen LogP contribution >= 0.6 is 23.4 Å². The summed E-state index contributed by atoms with van der Waals surface area (Å²) in [6.07, 6.45) is 2.17. The van der Waals surface area contributed by atoms with Crippen LogP contribution in [0.3, 0.4) is 0 Å². The Bertz CT molecular complexity index is 1350. The van der Waals surface area contributed by atoms with Crippen molar-refractivity contribution in [3.63, 3.8) is 0 Å². The van der Waals surface area contributed by atoms with E-state index in [0.29, 0.717) is 5.41 Å². The number of carbonyl (C=O) groups excluding carboxylic acids is 1. The van der Waals surface area contributed by atoms with Gasteiger partial charge in [0, 0.05) is 21.3 Å². The number of halogens is 1. The Morgan fingerprint density at radius 2 is 1.73 bits per heavy atom. The molecule has 1 saturated carbocycles. The molecule has 3 atom stereocenters. The van der Waals surface area contributed by atoms with Gasteiger partial charge in [-0.3, -0.25) is 0 Å². The molecule has 0 N–H and O–H groups in total. The van der Waals surface area contributed by atoms with Crippen LogP contribution in [0.25, 0.3) is 0 Å². The summed E-state index contributed by atoms with van der Waals surface area (Å²) < 4.78 is 42.6. The molecule has 9 heteroatoms. The summed E-state index contributed by atoms with van der Waals surface area (Å²) in [5, 5.41) is 0.924. The van der Waals surface area contributed by atoms with Gasteiger partial charge in [-0.15, -0.1) is 0 Å². The van der Waals surface area contributed by atoms with E-state index in [-0.39, 0.29) is 22.1 Å². The summed E-state index contributed by atoms with van der Waals surface area (Å²) in [7, 11) is -4.25. The monoisotopic (exact) mass is 558 g/mol. The van der Waals surface area contributed by atoms with Crippen molar-refractivity contribution in [2.45, 2.75) is 42.1 Å². The highest BCUT2D eigenvalue weighted by Crippen LogP contribution is 2.56. The van der Waals surface area contributed by atoms with Gasteiger partial charge in [0.05, 0.1) is 11.5 Å². The van der Waals surface area contributed by atoms with Crippen LogP contribution in [-0.4, -0.2) is 32.0 Å². The summed E-state index contributed by atoms with van der Waals surface area (Å²) >= 11 is 8.33. The zero-order valence-corrected chi connectivity index (χ0v) is 22.4. The second-order valence-corrected chi connectivity index (χ2v) is 12.6. The molecule has 5 rings (SSSR count). The number of thioether (sulfide) groups is 1. The molecule has 3 aromatic carbocycles. The number of ether oxygens (including phenoxy) is 2. The first-order valence-electron chi connectivity index (χ1n) is 12.1. The van der Waals surface area contributed by atoms with Crippen LogP contribution in [0.1, 0.15) is 36.5 Å². The largest absolute Gasteiger partial charge is 0.493 e. The average Bonchev–Trinajstić information content (AvgIpc) is 3.19. The molecule has 0 bridgehead atoms. The zero-order chi connectivity index (χ0) is 25.9. The van der Waals surface area contributed by atoms with Crippen molar-refractivity contribution in [1.29, 1.82) is 0 Å². The van der Waals surface area contributed by atoms with E-state index in [4.69, 9.17) is 25.3 Å². The normalized spacial score (nSPS) is 21.5. The zero-order valence-electron chi connectivity index (χ0n) is 20.0. The molecule has 1 heterocycles. The lowest BCUT2D eigenvalue weighted by atomic mass is 9.67. The Morgan fingerprint density at radius 1 is 1.00 bits per heavy atom. The van der Waals surface area contributed by atoms with Gasteiger partial charge in [0.1, 0.15) is 12.4 Å². The molecule has 2 fully saturated rings. The highest BCUT2D eigenvalue weighted by Gasteiger charge is 2.51. The number of benzene rings is 3. The molecule has 194 valence electrons. The first-order valence-corrected chi connectivity index (χ1v) is 14.9. The second-order valence-electron chi connectivity index (χ2n) is 9.32. The van der Waals surface area contributed by atoms with Crippen molar-refractivity contribution < 1.29 is 26.9 Å². The maximum Gasteiger partial charge on any atom is 0.341 e. The fraction of sp³-hybridized carbons (Fsp3) is 0.321. The third-order valence-electron chi connectivity index (χ3n) is 6.99. The number of hydrogen-bond donors (Lipinski definition) is 0. The standard InChI is InChI=1S/C28H27ClO6S2/c29-24-9-5-4-8-23(24)26(35-37(31,32)22-6-2-1-3-7-22)27(30)33-18-20-10-12-21(13-11-20)34-19-28-15-14-25(28)36-17-16-28/h1-13,25-26H,14-19H2/t25?,26-,28?/m1/s1. The van der Waals surface area contributed by atoms with Crippen molar-refractivity contribution in [3.8, 4) is 5.75 Å². The van der Waals surface area contributed by atoms with Crippen molar-refractivity contribution in [2.75, 3.05) is 12.4 Å². The number of fused-ring (bicyclic) bond motifs is 1. The first-order chi connectivity index (χ1) is 17.9. The van der Waals surface area contributed by atoms with E-state index in [9.17, 15) is 13.2 Å². The number of rotatable bonds is 10. The molecule has 6 nitrogen and oxygen atoms in total. The van der Waals surface area contributed by atoms with Gasteiger partial charge >= 0.3 is 5.97 Å². The van der Waals surface area contributed by atoms with Gasteiger partial charge < -0.3 is 9.47 Å². The van der Waals surface area contributed by atoms with Crippen LogP contribution in [0.15, 0.2) is 83.8 Å². The Morgan fingerprint density at radius 3 is 2.41 bits per heavy atom. The van der Waals surface area contributed by atoms with Gasteiger partial charge in [-0.05, 0) is 60.9 Å². The van der Waals surface area contributed by atoms with Gasteiger partial charge in [-0.1, -0.05) is 60.1 Å². The van der Waals surface area contributed by atoms with Crippen LogP contribution < -0.4 is 4.74 Å². The van der Waals surface area contributed by atoms with E-state index in [1.54, 1.807) is 36.4 Å². The maximum absolute atomic E-state index is 13.1. The fourth-order valence-corrected chi connectivity index (χ4v) is 7.70. The number of carbonyl (C=O) groups is 1. The molecule has 0 amide bonds. The third kappa shape index (κ3) is 5.82. The number of esters is 1. The smallest absolute Gasteiger partial charge is 0.341 e. The minimum atomic E-state index is -4.25. The fourth-order valence-electron chi connectivity index (χ4n) is 4.67. The molecular weight excluding hydrogens is 532 g/mol. The maximum atomic E-state index is 13.1. The second kappa shape index (κ2) is 11.1. The molecule has 2 unspecified atom stereocenters. The topological polar surface area (TPSA) is 78.9 Å². The molecule has 37 heavy (non-hydrogen) atoms. The molecule has 0 spiro atoms. The van der Waals surface area contributed by atoms with Gasteiger partial charge in [0.2, 0.25) is 6.10 Å². The van der Waals surface area contributed by atoms with Crippen molar-refractivity contribution in [3.05, 3.63) is 95.0 Å². The Labute approximate surface area is 226 Å². The molecule has 2 aliphatic rings. The van der Waals surface area contributed by atoms with Gasteiger partial charge in [-0.25, -0.2) is 8.98 Å². The molecule has 3 aromatic rings. The van der Waals surface area contributed by atoms with Crippen molar-refractivity contribution >= 4 is 39.5 Å². The van der Waals surface area contributed by atoms with E-state index in [0.717, 1.165) is 23.2 Å². The molecule has 1 aliphatic heterocycles. The predicted molar refractivity (Wildman–Crippen MR) is 143 cm³/mol. The minimum Gasteiger partial charge on any atom is -0.493 e. The minimum absolute atomic E-state index is 0.0581. The van der Waals surface area contributed by atoms with E-state index >= 15 is 0 Å². The Balaban J connectivity index is 1.24. The lowest BCUT2D eigenvalue weighted by Crippen LogP contribution is -2.43. The molecular formula is C28H27ClO6S2. The quantitative estimate of drug-likeness (QED) is 0.217. The summed E-state index contributed by atoms with van der Waals surface area (Å²) in [5.74, 6) is 1.13. The van der Waals surface area contributed by atoms with Gasteiger partial charge in [0.15, 0.2) is 0 Å². The first kappa shape index (κ1) is 26.1. The van der Waals surface area contributed by atoms with Gasteiger partial charge in [0.25, 0.3) is 10.1 Å². The average molecular weight is 559 g/mol. The molecule has 1 saturated heterocycles. The van der Waals surface area contributed by atoms with Crippen LogP contribution in [0, 0.1) is 5.41 Å².